The molecular weight excluding hydrogens is 636 g/mol. The van der Waals surface area contributed by atoms with Crippen molar-refractivity contribution in [1.29, 1.82) is 0 Å². The zero-order valence-corrected chi connectivity index (χ0v) is 26.3. The minimum absolute atomic E-state index is 0.233. The summed E-state index contributed by atoms with van der Waals surface area (Å²) in [4.78, 5) is 46.6. The number of hydrogen-bond acceptors (Lipinski definition) is 7. The number of nitrogens with zero attached hydrogens (tertiary/aromatic N) is 1. The monoisotopic (exact) mass is 664 g/mol. The van der Waals surface area contributed by atoms with Gasteiger partial charge in [0.25, 0.3) is 0 Å². The van der Waals surface area contributed by atoms with Crippen molar-refractivity contribution in [2.24, 2.45) is 5.92 Å². The Morgan fingerprint density at radius 2 is 1.49 bits per heavy atom. The Balaban J connectivity index is 1.53. The lowest BCUT2D eigenvalue weighted by Crippen LogP contribution is -2.51. The summed E-state index contributed by atoms with van der Waals surface area (Å²) in [5.41, 5.74) is 2.19. The normalized spacial score (nSPS) is 22.4. The van der Waals surface area contributed by atoms with E-state index in [-0.39, 0.29) is 17.3 Å². The molecule has 1 saturated heterocycles. The van der Waals surface area contributed by atoms with Gasteiger partial charge in [-0.1, -0.05) is 76.6 Å². The second-order valence-electron chi connectivity index (χ2n) is 11.2. The molecule has 1 amide bonds. The number of hydrogen-bond donors (Lipinski definition) is 1. The van der Waals surface area contributed by atoms with Gasteiger partial charge in [-0.25, -0.2) is 0 Å². The molecule has 0 saturated carbocycles. The molecule has 1 fully saturated rings. The van der Waals surface area contributed by atoms with Crippen LogP contribution in [0.3, 0.4) is 0 Å². The molecule has 45 heavy (non-hydrogen) atoms. The summed E-state index contributed by atoms with van der Waals surface area (Å²) in [5.74, 6) is -1.21. The van der Waals surface area contributed by atoms with E-state index in [9.17, 15) is 9.59 Å². The topological polar surface area (TPSA) is 94.2 Å². The largest absolute Gasteiger partial charge is 0.493 e. The first-order valence-corrected chi connectivity index (χ1v) is 15.2. The number of rotatable bonds is 7. The average Bonchev–Trinajstić information content (AvgIpc) is 3.55. The van der Waals surface area contributed by atoms with Crippen LogP contribution >= 0.6 is 15.9 Å². The van der Waals surface area contributed by atoms with E-state index in [0.29, 0.717) is 34.1 Å². The van der Waals surface area contributed by atoms with Gasteiger partial charge in [-0.2, -0.15) is 0 Å². The summed E-state index contributed by atoms with van der Waals surface area (Å²) < 4.78 is 17.5. The van der Waals surface area contributed by atoms with Gasteiger partial charge in [0, 0.05) is 27.0 Å². The van der Waals surface area contributed by atoms with Crippen LogP contribution in [-0.2, 0) is 10.2 Å². The standard InChI is InChI=1S/C36H29BrN2O6/c1-43-27-18-22(19-28(44-2)34(27)45-3)32(40)30-31(33(41)21-12-15-23(37)16-13-21)39-26-11-7-4-8-20(26)14-17-29(39)36(30)24-9-5-6-10-25(24)38-35(36)42/h4-19,29-31H,1-3H3,(H,38,42)/t29-,30+,31-,36-/m1/s1. The van der Waals surface area contributed by atoms with E-state index in [2.05, 4.69) is 21.2 Å². The zero-order chi connectivity index (χ0) is 31.5. The Kier molecular flexibility index (Phi) is 7.00. The summed E-state index contributed by atoms with van der Waals surface area (Å²) in [7, 11) is 4.44. The summed E-state index contributed by atoms with van der Waals surface area (Å²) >= 11 is 3.46. The first-order chi connectivity index (χ1) is 21.8. The van der Waals surface area contributed by atoms with Crippen molar-refractivity contribution in [1.82, 2.24) is 0 Å². The third-order valence-electron chi connectivity index (χ3n) is 9.17. The molecule has 4 aromatic rings. The highest BCUT2D eigenvalue weighted by atomic mass is 79.9. The second kappa shape index (κ2) is 10.9. The predicted molar refractivity (Wildman–Crippen MR) is 175 cm³/mol. The fourth-order valence-corrected chi connectivity index (χ4v) is 7.57. The van der Waals surface area contributed by atoms with Crippen molar-refractivity contribution in [2.45, 2.75) is 17.5 Å². The smallest absolute Gasteiger partial charge is 0.238 e. The molecule has 4 atom stereocenters. The molecular formula is C36H29BrN2O6. The minimum atomic E-state index is -1.44. The SMILES string of the molecule is COc1cc(C(=O)[C@@H]2[C@H](C(=O)c3ccc(Br)cc3)N3c4ccccc4C=C[C@@H]3[C@@]23C(=O)Nc2ccccc23)cc(OC)c1OC. The lowest BCUT2D eigenvalue weighted by atomic mass is 9.64. The molecule has 3 heterocycles. The van der Waals surface area contributed by atoms with Gasteiger partial charge >= 0.3 is 0 Å². The van der Waals surface area contributed by atoms with Gasteiger partial charge in [0.05, 0.1) is 33.3 Å². The summed E-state index contributed by atoms with van der Waals surface area (Å²) in [6.07, 6.45) is 3.92. The Morgan fingerprint density at radius 1 is 0.822 bits per heavy atom. The number of methoxy groups -OCH3 is 3. The highest BCUT2D eigenvalue weighted by molar-refractivity contribution is 9.10. The number of Topliss-reactive ketones (excluding diaryl/α,β-unsaturated/α-hetero) is 2. The number of carbonyl (C=O) groups is 3. The van der Waals surface area contributed by atoms with E-state index >= 15 is 4.79 Å². The van der Waals surface area contributed by atoms with E-state index in [4.69, 9.17) is 14.2 Å². The zero-order valence-electron chi connectivity index (χ0n) is 24.7. The van der Waals surface area contributed by atoms with Crippen molar-refractivity contribution in [3.63, 3.8) is 0 Å². The molecule has 0 unspecified atom stereocenters. The Morgan fingerprint density at radius 3 is 2.18 bits per heavy atom. The van der Waals surface area contributed by atoms with Crippen LogP contribution in [0.5, 0.6) is 17.2 Å². The lowest BCUT2D eigenvalue weighted by molar-refractivity contribution is -0.121. The van der Waals surface area contributed by atoms with Crippen molar-refractivity contribution in [3.8, 4) is 17.2 Å². The van der Waals surface area contributed by atoms with Crippen molar-refractivity contribution < 1.29 is 28.6 Å². The molecule has 8 nitrogen and oxygen atoms in total. The molecule has 1 spiro atoms. The maximum Gasteiger partial charge on any atom is 0.238 e. The van der Waals surface area contributed by atoms with E-state index in [1.165, 1.54) is 21.3 Å². The van der Waals surface area contributed by atoms with Crippen LogP contribution in [0.2, 0.25) is 0 Å². The number of halogens is 1. The van der Waals surface area contributed by atoms with Gasteiger partial charge in [0.1, 0.15) is 11.5 Å². The number of carbonyl (C=O) groups excluding carboxylic acids is 3. The van der Waals surface area contributed by atoms with Crippen LogP contribution in [0.4, 0.5) is 11.4 Å². The van der Waals surface area contributed by atoms with Gasteiger partial charge in [-0.05, 0) is 47.5 Å². The fraction of sp³-hybridized carbons (Fsp3) is 0.194. The Hall–Kier alpha value is -4.89. The summed E-state index contributed by atoms with van der Waals surface area (Å²) in [6, 6.07) is 23.7. The highest BCUT2D eigenvalue weighted by Crippen LogP contribution is 2.58. The number of amides is 1. The number of fused-ring (bicyclic) bond motifs is 6. The maximum atomic E-state index is 15.2. The highest BCUT2D eigenvalue weighted by Gasteiger charge is 2.70. The lowest BCUT2D eigenvalue weighted by Gasteiger charge is -2.37. The summed E-state index contributed by atoms with van der Waals surface area (Å²) in [5, 5.41) is 3.05. The molecule has 4 aromatic carbocycles. The van der Waals surface area contributed by atoms with E-state index in [1.54, 1.807) is 36.4 Å². The quantitative estimate of drug-likeness (QED) is 0.231. The number of ether oxygens (including phenoxy) is 3. The van der Waals surface area contributed by atoms with Crippen LogP contribution in [0.1, 0.15) is 31.8 Å². The number of ketones is 2. The Bertz CT molecular complexity index is 1880. The molecule has 7 rings (SSSR count). The van der Waals surface area contributed by atoms with Crippen LogP contribution in [0.15, 0.2) is 95.5 Å². The van der Waals surface area contributed by atoms with Crippen molar-refractivity contribution >= 4 is 50.9 Å². The molecule has 0 aromatic heterocycles. The molecule has 226 valence electrons. The molecule has 3 aliphatic rings. The van der Waals surface area contributed by atoms with Crippen molar-refractivity contribution in [3.05, 3.63) is 118 Å². The number of nitrogens with one attached hydrogen (secondary N) is 1. The third-order valence-corrected chi connectivity index (χ3v) is 9.70. The number of anilines is 2. The predicted octanol–water partition coefficient (Wildman–Crippen LogP) is 6.33. The molecule has 0 bridgehead atoms. The Labute approximate surface area is 268 Å². The van der Waals surface area contributed by atoms with E-state index in [1.807, 2.05) is 65.6 Å². The third kappa shape index (κ3) is 4.14. The van der Waals surface area contributed by atoms with Gasteiger partial charge in [-0.15, -0.1) is 0 Å². The first kappa shape index (κ1) is 28.9. The van der Waals surface area contributed by atoms with Gasteiger partial charge < -0.3 is 24.4 Å². The van der Waals surface area contributed by atoms with Crippen LogP contribution in [-0.4, -0.2) is 50.9 Å². The van der Waals surface area contributed by atoms with Crippen LogP contribution in [0.25, 0.3) is 6.08 Å². The number of benzene rings is 4. The maximum absolute atomic E-state index is 15.2. The van der Waals surface area contributed by atoms with Crippen molar-refractivity contribution in [2.75, 3.05) is 31.5 Å². The van der Waals surface area contributed by atoms with Gasteiger partial charge in [-0.3, -0.25) is 14.4 Å². The molecule has 1 N–H and O–H groups in total. The first-order valence-electron chi connectivity index (χ1n) is 14.5. The van der Waals surface area contributed by atoms with E-state index in [0.717, 1.165) is 15.7 Å². The average molecular weight is 666 g/mol. The minimum Gasteiger partial charge on any atom is -0.493 e. The molecule has 9 heteroatoms. The number of para-hydroxylation sites is 2. The fourth-order valence-electron chi connectivity index (χ4n) is 7.31. The van der Waals surface area contributed by atoms with Crippen LogP contribution < -0.4 is 24.4 Å². The molecule has 0 aliphatic carbocycles. The van der Waals surface area contributed by atoms with Crippen LogP contribution in [0, 0.1) is 5.92 Å². The second-order valence-corrected chi connectivity index (χ2v) is 12.1. The molecule has 0 radical (unpaired) electrons. The summed E-state index contributed by atoms with van der Waals surface area (Å²) in [6.45, 7) is 0. The van der Waals surface area contributed by atoms with E-state index < -0.39 is 29.2 Å². The van der Waals surface area contributed by atoms with Gasteiger partial charge in [0.2, 0.25) is 11.7 Å². The molecule has 3 aliphatic heterocycles. The van der Waals surface area contributed by atoms with Gasteiger partial charge in [0.15, 0.2) is 23.1 Å².